The van der Waals surface area contributed by atoms with E-state index in [1.54, 1.807) is 48.8 Å². The number of hydrogen-bond acceptors (Lipinski definition) is 6. The normalized spacial score (nSPS) is 13.7. The lowest BCUT2D eigenvalue weighted by molar-refractivity contribution is 0.0927. The number of primary amides is 1. The first kappa shape index (κ1) is 19.4. The molecule has 1 aliphatic rings. The average Bonchev–Trinajstić information content (AvgIpc) is 2.77. The van der Waals surface area contributed by atoms with Crippen LogP contribution in [-0.2, 0) is 0 Å². The number of hydrogen-bond donors (Lipinski definition) is 1. The summed E-state index contributed by atoms with van der Waals surface area (Å²) in [5.74, 6) is 0.820. The predicted octanol–water partition coefficient (Wildman–Crippen LogP) is 3.32. The quantitative estimate of drug-likeness (QED) is 0.676. The largest absolute Gasteiger partial charge is 0.496 e. The Balaban J connectivity index is 1.74. The number of pyridine rings is 1. The molecule has 0 unspecified atom stereocenters. The minimum Gasteiger partial charge on any atom is -0.496 e. The number of benzene rings is 2. The number of amides is 1. The molecule has 3 aromatic rings. The summed E-state index contributed by atoms with van der Waals surface area (Å²) in [4.78, 5) is 27.8. The fraction of sp³-hybridized carbons (Fsp3) is 0.174. The molecule has 0 saturated heterocycles. The van der Waals surface area contributed by atoms with Crippen LogP contribution in [-0.4, -0.2) is 30.4 Å². The highest BCUT2D eigenvalue weighted by Gasteiger charge is 2.26. The van der Waals surface area contributed by atoms with Crippen LogP contribution in [0.3, 0.4) is 0 Å². The van der Waals surface area contributed by atoms with Gasteiger partial charge in [-0.05, 0) is 35.4 Å². The Labute approximate surface area is 173 Å². The summed E-state index contributed by atoms with van der Waals surface area (Å²) in [7, 11) is 1.50. The third kappa shape index (κ3) is 3.82. The molecule has 1 amide bonds. The van der Waals surface area contributed by atoms with Crippen molar-refractivity contribution in [2.75, 3.05) is 13.7 Å². The second kappa shape index (κ2) is 8.24. The zero-order chi connectivity index (χ0) is 21.1. The van der Waals surface area contributed by atoms with E-state index in [9.17, 15) is 9.59 Å². The Hall–Kier alpha value is -3.87. The number of Topliss-reactive ketones (excluding diaryl/α,β-unsaturated/α-hetero) is 1. The van der Waals surface area contributed by atoms with E-state index in [0.717, 1.165) is 11.1 Å². The third-order valence-corrected chi connectivity index (χ3v) is 4.89. The first-order chi connectivity index (χ1) is 14.6. The summed E-state index contributed by atoms with van der Waals surface area (Å²) in [6.07, 6.45) is 3.18. The van der Waals surface area contributed by atoms with E-state index >= 15 is 0 Å². The van der Waals surface area contributed by atoms with E-state index in [4.69, 9.17) is 19.9 Å². The molecule has 1 aromatic heterocycles. The molecule has 2 N–H and O–H groups in total. The molecule has 0 spiro atoms. The van der Waals surface area contributed by atoms with Gasteiger partial charge in [0.05, 0.1) is 13.7 Å². The Kier molecular flexibility index (Phi) is 5.34. The molecule has 0 fully saturated rings. The van der Waals surface area contributed by atoms with Gasteiger partial charge in [-0.3, -0.25) is 14.6 Å². The van der Waals surface area contributed by atoms with Crippen LogP contribution in [0.15, 0.2) is 60.9 Å². The lowest BCUT2D eigenvalue weighted by atomic mass is 10.00. The van der Waals surface area contributed by atoms with Crippen molar-refractivity contribution in [3.05, 3.63) is 83.2 Å². The SMILES string of the molecule is COc1cc(O[C@H](c2ccncc2)c2ccc(C(N)=O)cc2)cc2c1C(=O)CCO2. The van der Waals surface area contributed by atoms with E-state index in [1.165, 1.54) is 7.11 Å². The van der Waals surface area contributed by atoms with Crippen molar-refractivity contribution in [1.82, 2.24) is 4.98 Å². The molecule has 7 heteroatoms. The van der Waals surface area contributed by atoms with Crippen molar-refractivity contribution >= 4 is 11.7 Å². The molecule has 0 bridgehead atoms. The molecule has 2 heterocycles. The van der Waals surface area contributed by atoms with Crippen LogP contribution >= 0.6 is 0 Å². The van der Waals surface area contributed by atoms with Crippen LogP contribution < -0.4 is 19.9 Å². The van der Waals surface area contributed by atoms with Gasteiger partial charge in [0, 0.05) is 36.5 Å². The molecule has 0 saturated carbocycles. The second-order valence-electron chi connectivity index (χ2n) is 6.79. The monoisotopic (exact) mass is 404 g/mol. The summed E-state index contributed by atoms with van der Waals surface area (Å²) in [6, 6.07) is 14.0. The number of fused-ring (bicyclic) bond motifs is 1. The fourth-order valence-electron chi connectivity index (χ4n) is 3.39. The van der Waals surface area contributed by atoms with Gasteiger partial charge in [0.2, 0.25) is 5.91 Å². The van der Waals surface area contributed by atoms with Crippen LogP contribution in [0.4, 0.5) is 0 Å². The van der Waals surface area contributed by atoms with E-state index in [2.05, 4.69) is 4.98 Å². The third-order valence-electron chi connectivity index (χ3n) is 4.89. The lowest BCUT2D eigenvalue weighted by Crippen LogP contribution is -2.17. The second-order valence-corrected chi connectivity index (χ2v) is 6.79. The van der Waals surface area contributed by atoms with E-state index in [0.29, 0.717) is 41.4 Å². The Bertz CT molecular complexity index is 1060. The van der Waals surface area contributed by atoms with Gasteiger partial charge < -0.3 is 19.9 Å². The van der Waals surface area contributed by atoms with Crippen molar-refractivity contribution in [2.24, 2.45) is 5.73 Å². The molecule has 152 valence electrons. The number of aromatic nitrogens is 1. The number of carbonyl (C=O) groups excluding carboxylic acids is 2. The highest BCUT2D eigenvalue weighted by atomic mass is 16.5. The van der Waals surface area contributed by atoms with Crippen molar-refractivity contribution in [3.63, 3.8) is 0 Å². The van der Waals surface area contributed by atoms with Crippen LogP contribution in [0, 0.1) is 0 Å². The number of carbonyl (C=O) groups is 2. The molecular formula is C23H20N2O5. The fourth-order valence-corrected chi connectivity index (χ4v) is 3.39. The molecule has 7 nitrogen and oxygen atoms in total. The molecule has 2 aromatic carbocycles. The maximum Gasteiger partial charge on any atom is 0.248 e. The van der Waals surface area contributed by atoms with Gasteiger partial charge >= 0.3 is 0 Å². The van der Waals surface area contributed by atoms with Gasteiger partial charge in [-0.25, -0.2) is 0 Å². The molecule has 0 aliphatic carbocycles. The van der Waals surface area contributed by atoms with E-state index in [-0.39, 0.29) is 5.78 Å². The molecular weight excluding hydrogens is 384 g/mol. The van der Waals surface area contributed by atoms with E-state index < -0.39 is 12.0 Å². The maximum atomic E-state index is 12.3. The van der Waals surface area contributed by atoms with Crippen LogP contribution in [0.25, 0.3) is 0 Å². The van der Waals surface area contributed by atoms with Gasteiger partial charge in [0.25, 0.3) is 0 Å². The van der Waals surface area contributed by atoms with Gasteiger partial charge in [-0.15, -0.1) is 0 Å². The number of rotatable bonds is 6. The lowest BCUT2D eigenvalue weighted by Gasteiger charge is -2.23. The van der Waals surface area contributed by atoms with Crippen LogP contribution in [0.5, 0.6) is 17.2 Å². The minimum atomic E-state index is -0.496. The van der Waals surface area contributed by atoms with Gasteiger partial charge in [0.15, 0.2) is 5.78 Å². The van der Waals surface area contributed by atoms with Crippen molar-refractivity contribution in [2.45, 2.75) is 12.5 Å². The molecule has 0 radical (unpaired) electrons. The van der Waals surface area contributed by atoms with Crippen molar-refractivity contribution in [1.29, 1.82) is 0 Å². The number of ketones is 1. The summed E-state index contributed by atoms with van der Waals surface area (Å²) in [5, 5.41) is 0. The van der Waals surface area contributed by atoms with Crippen LogP contribution in [0.2, 0.25) is 0 Å². The zero-order valence-corrected chi connectivity index (χ0v) is 16.3. The molecule has 4 rings (SSSR count). The van der Waals surface area contributed by atoms with Gasteiger partial charge in [0.1, 0.15) is 28.9 Å². The zero-order valence-electron chi connectivity index (χ0n) is 16.3. The standard InChI is InChI=1S/C23H20N2O5/c1-28-19-12-17(13-20-21(19)18(26)8-11-29-20)30-22(15-6-9-25-10-7-15)14-2-4-16(5-3-14)23(24)27/h2-7,9-10,12-13,22H,8,11H2,1H3,(H2,24,27)/t22-/m0/s1. The van der Waals surface area contributed by atoms with E-state index in [1.807, 2.05) is 12.1 Å². The first-order valence-corrected chi connectivity index (χ1v) is 9.41. The minimum absolute atomic E-state index is 0.0209. The molecule has 1 atom stereocenters. The van der Waals surface area contributed by atoms with Crippen molar-refractivity contribution in [3.8, 4) is 17.2 Å². The average molecular weight is 404 g/mol. The topological polar surface area (TPSA) is 101 Å². The predicted molar refractivity (Wildman–Crippen MR) is 109 cm³/mol. The number of methoxy groups -OCH3 is 1. The highest BCUT2D eigenvalue weighted by molar-refractivity contribution is 6.02. The number of nitrogens with two attached hydrogens (primary N) is 1. The Morgan fingerprint density at radius 3 is 2.47 bits per heavy atom. The van der Waals surface area contributed by atoms with Crippen LogP contribution in [0.1, 0.15) is 44.4 Å². The van der Waals surface area contributed by atoms with Gasteiger partial charge in [-0.2, -0.15) is 0 Å². The smallest absolute Gasteiger partial charge is 0.248 e. The Morgan fingerprint density at radius 1 is 1.10 bits per heavy atom. The first-order valence-electron chi connectivity index (χ1n) is 9.41. The van der Waals surface area contributed by atoms with Crippen molar-refractivity contribution < 1.29 is 23.8 Å². The summed E-state index contributed by atoms with van der Waals surface area (Å²) < 4.78 is 17.4. The highest BCUT2D eigenvalue weighted by Crippen LogP contribution is 2.39. The summed E-state index contributed by atoms with van der Waals surface area (Å²) >= 11 is 0. The Morgan fingerprint density at radius 2 is 1.80 bits per heavy atom. The molecule has 1 aliphatic heterocycles. The maximum absolute atomic E-state index is 12.3. The van der Waals surface area contributed by atoms with Gasteiger partial charge in [-0.1, -0.05) is 12.1 Å². The number of nitrogens with zero attached hydrogens (tertiary/aromatic N) is 1. The molecule has 30 heavy (non-hydrogen) atoms. The number of ether oxygens (including phenoxy) is 3. The summed E-state index contributed by atoms with van der Waals surface area (Å²) in [6.45, 7) is 0.320. The summed E-state index contributed by atoms with van der Waals surface area (Å²) in [5.41, 5.74) is 7.88.